The Bertz CT molecular complexity index is 546. The molecule has 0 aromatic carbocycles. The third kappa shape index (κ3) is 1.72. The Morgan fingerprint density at radius 1 is 1.14 bits per heavy atom. The van der Waals surface area contributed by atoms with Crippen molar-refractivity contribution in [3.8, 4) is 0 Å². The van der Waals surface area contributed by atoms with Gasteiger partial charge < -0.3 is 5.11 Å². The molecule has 1 N–H and O–H groups in total. The molecule has 114 valence electrons. The highest BCUT2D eigenvalue weighted by molar-refractivity contribution is 6.01. The molecular formula is C19H26O2. The summed E-state index contributed by atoms with van der Waals surface area (Å²) in [7, 11) is 0. The fourth-order valence-corrected chi connectivity index (χ4v) is 6.17. The molecule has 4 aliphatic rings. The van der Waals surface area contributed by atoms with Gasteiger partial charge in [-0.05, 0) is 73.8 Å². The van der Waals surface area contributed by atoms with Crippen LogP contribution < -0.4 is 0 Å². The molecule has 0 bridgehead atoms. The van der Waals surface area contributed by atoms with Crippen molar-refractivity contribution in [3.63, 3.8) is 0 Å². The standard InChI is InChI=1S/C19H26O2/c1-18-9-7-13(20)11-12(18)3-4-14-15-5-6-17(21)19(15,2)10-8-16(14)18/h7,9,11,14-17,21H,3-6,8,10H2,1-2H3/t14-,15+,16+,17+,18-,19-/m1/s1. The maximum absolute atomic E-state index is 11.7. The van der Waals surface area contributed by atoms with Crippen molar-refractivity contribution in [1.29, 1.82) is 0 Å². The van der Waals surface area contributed by atoms with Crippen molar-refractivity contribution in [2.24, 2.45) is 28.6 Å². The minimum Gasteiger partial charge on any atom is -0.393 e. The monoisotopic (exact) mass is 286 g/mol. The zero-order valence-electron chi connectivity index (χ0n) is 13.1. The number of carbonyl (C=O) groups excluding carboxylic acids is 1. The van der Waals surface area contributed by atoms with Crippen LogP contribution >= 0.6 is 0 Å². The number of rotatable bonds is 0. The maximum Gasteiger partial charge on any atom is 0.178 e. The van der Waals surface area contributed by atoms with E-state index in [1.165, 1.54) is 24.8 Å². The molecule has 0 amide bonds. The summed E-state index contributed by atoms with van der Waals surface area (Å²) in [6, 6.07) is 0. The van der Waals surface area contributed by atoms with Crippen LogP contribution in [0.4, 0.5) is 0 Å². The number of aliphatic hydroxyl groups is 1. The first-order valence-corrected chi connectivity index (χ1v) is 8.57. The molecule has 2 heteroatoms. The second kappa shape index (κ2) is 4.32. The SMILES string of the molecule is C[C@@]12CC[C@H]3[C@H](CCC4=CC(=O)C=C[C@]43C)[C@@H]1CC[C@@H]2O. The van der Waals surface area contributed by atoms with Crippen LogP contribution in [-0.4, -0.2) is 17.0 Å². The average Bonchev–Trinajstić information content (AvgIpc) is 2.76. The fourth-order valence-electron chi connectivity index (χ4n) is 6.17. The molecule has 4 rings (SSSR count). The van der Waals surface area contributed by atoms with Crippen LogP contribution in [0.5, 0.6) is 0 Å². The Labute approximate surface area is 127 Å². The molecule has 3 saturated carbocycles. The predicted molar refractivity (Wildman–Crippen MR) is 82.6 cm³/mol. The molecule has 0 aromatic heterocycles. The van der Waals surface area contributed by atoms with Gasteiger partial charge in [0.1, 0.15) is 0 Å². The van der Waals surface area contributed by atoms with E-state index in [-0.39, 0.29) is 22.7 Å². The van der Waals surface area contributed by atoms with Gasteiger partial charge in [0.15, 0.2) is 5.78 Å². The van der Waals surface area contributed by atoms with Gasteiger partial charge in [0, 0.05) is 5.41 Å². The van der Waals surface area contributed by atoms with Crippen molar-refractivity contribution in [1.82, 2.24) is 0 Å². The van der Waals surface area contributed by atoms with Gasteiger partial charge in [0.25, 0.3) is 0 Å². The van der Waals surface area contributed by atoms with Gasteiger partial charge in [-0.2, -0.15) is 0 Å². The van der Waals surface area contributed by atoms with E-state index in [9.17, 15) is 9.90 Å². The van der Waals surface area contributed by atoms with E-state index in [1.54, 1.807) is 6.08 Å². The van der Waals surface area contributed by atoms with Gasteiger partial charge >= 0.3 is 0 Å². The van der Waals surface area contributed by atoms with Crippen LogP contribution in [-0.2, 0) is 4.79 Å². The van der Waals surface area contributed by atoms with Crippen molar-refractivity contribution < 1.29 is 9.90 Å². The summed E-state index contributed by atoms with van der Waals surface area (Å²) in [6.07, 6.45) is 12.6. The van der Waals surface area contributed by atoms with Crippen molar-refractivity contribution in [2.75, 3.05) is 0 Å². The van der Waals surface area contributed by atoms with Crippen molar-refractivity contribution in [3.05, 3.63) is 23.8 Å². The van der Waals surface area contributed by atoms with Crippen LogP contribution in [0.3, 0.4) is 0 Å². The number of aliphatic hydroxyl groups excluding tert-OH is 1. The highest BCUT2D eigenvalue weighted by Crippen LogP contribution is 2.64. The molecule has 6 atom stereocenters. The largest absolute Gasteiger partial charge is 0.393 e. The highest BCUT2D eigenvalue weighted by Gasteiger charge is 2.58. The molecule has 0 saturated heterocycles. The molecule has 0 heterocycles. The van der Waals surface area contributed by atoms with E-state index >= 15 is 0 Å². The normalized spacial score (nSPS) is 52.0. The lowest BCUT2D eigenvalue weighted by atomic mass is 9.48. The Morgan fingerprint density at radius 2 is 1.95 bits per heavy atom. The number of hydrogen-bond acceptors (Lipinski definition) is 2. The van der Waals surface area contributed by atoms with E-state index in [2.05, 4.69) is 19.9 Å². The lowest BCUT2D eigenvalue weighted by Gasteiger charge is -2.56. The molecule has 2 nitrogen and oxygen atoms in total. The minimum atomic E-state index is -0.100. The molecule has 4 aliphatic carbocycles. The summed E-state index contributed by atoms with van der Waals surface area (Å²) in [4.78, 5) is 11.7. The Kier molecular flexibility index (Phi) is 2.83. The number of allylic oxidation sites excluding steroid dienone is 4. The van der Waals surface area contributed by atoms with Gasteiger partial charge in [-0.25, -0.2) is 0 Å². The summed E-state index contributed by atoms with van der Waals surface area (Å²) in [5, 5.41) is 10.4. The van der Waals surface area contributed by atoms with E-state index in [4.69, 9.17) is 0 Å². The minimum absolute atomic E-state index is 0.0890. The summed E-state index contributed by atoms with van der Waals surface area (Å²) < 4.78 is 0. The molecule has 0 spiro atoms. The lowest BCUT2D eigenvalue weighted by Crippen LogP contribution is -2.50. The molecule has 0 unspecified atom stereocenters. The van der Waals surface area contributed by atoms with E-state index in [0.717, 1.165) is 25.2 Å². The van der Waals surface area contributed by atoms with Crippen LogP contribution in [0.25, 0.3) is 0 Å². The average molecular weight is 286 g/mol. The number of ketones is 1. The Hall–Kier alpha value is -0.890. The fraction of sp³-hybridized carbons (Fsp3) is 0.737. The number of fused-ring (bicyclic) bond motifs is 5. The van der Waals surface area contributed by atoms with E-state index < -0.39 is 0 Å². The topological polar surface area (TPSA) is 37.3 Å². The first-order chi connectivity index (χ1) is 9.95. The lowest BCUT2D eigenvalue weighted by molar-refractivity contribution is -0.111. The van der Waals surface area contributed by atoms with E-state index in [0.29, 0.717) is 11.8 Å². The third-order valence-electron chi connectivity index (χ3n) is 7.51. The van der Waals surface area contributed by atoms with Crippen molar-refractivity contribution >= 4 is 5.78 Å². The molecule has 0 aliphatic heterocycles. The van der Waals surface area contributed by atoms with Crippen LogP contribution in [0, 0.1) is 28.6 Å². The Balaban J connectivity index is 1.70. The van der Waals surface area contributed by atoms with Crippen LogP contribution in [0.15, 0.2) is 23.8 Å². The molecule has 3 fully saturated rings. The number of carbonyl (C=O) groups is 1. The zero-order valence-corrected chi connectivity index (χ0v) is 13.1. The van der Waals surface area contributed by atoms with Gasteiger partial charge in [-0.3, -0.25) is 4.79 Å². The summed E-state index contributed by atoms with van der Waals surface area (Å²) in [6.45, 7) is 4.66. The van der Waals surface area contributed by atoms with E-state index in [1.807, 2.05) is 6.08 Å². The first kappa shape index (κ1) is 13.8. The molecule has 0 aromatic rings. The van der Waals surface area contributed by atoms with Crippen LogP contribution in [0.1, 0.15) is 52.4 Å². The second-order valence-corrected chi connectivity index (χ2v) is 8.24. The second-order valence-electron chi connectivity index (χ2n) is 8.24. The zero-order chi connectivity index (χ0) is 14.8. The third-order valence-corrected chi connectivity index (χ3v) is 7.51. The summed E-state index contributed by atoms with van der Waals surface area (Å²) in [5.74, 6) is 2.22. The highest BCUT2D eigenvalue weighted by atomic mass is 16.3. The molecule has 21 heavy (non-hydrogen) atoms. The summed E-state index contributed by atoms with van der Waals surface area (Å²) >= 11 is 0. The quantitative estimate of drug-likeness (QED) is 0.738. The molecular weight excluding hydrogens is 260 g/mol. The summed E-state index contributed by atoms with van der Waals surface area (Å²) in [5.41, 5.74) is 1.59. The first-order valence-electron chi connectivity index (χ1n) is 8.57. The van der Waals surface area contributed by atoms with Gasteiger partial charge in [0.05, 0.1) is 6.10 Å². The number of hydrogen-bond donors (Lipinski definition) is 1. The van der Waals surface area contributed by atoms with Crippen molar-refractivity contribution in [2.45, 2.75) is 58.5 Å². The maximum atomic E-state index is 11.7. The van der Waals surface area contributed by atoms with Gasteiger partial charge in [-0.1, -0.05) is 25.5 Å². The Morgan fingerprint density at radius 3 is 2.76 bits per heavy atom. The smallest absolute Gasteiger partial charge is 0.178 e. The predicted octanol–water partition coefficient (Wildman–Crippen LogP) is 3.66. The molecule has 0 radical (unpaired) electrons. The van der Waals surface area contributed by atoms with Gasteiger partial charge in [-0.15, -0.1) is 0 Å². The van der Waals surface area contributed by atoms with Crippen LogP contribution in [0.2, 0.25) is 0 Å². The van der Waals surface area contributed by atoms with Gasteiger partial charge in [0.2, 0.25) is 0 Å².